The number of fused-ring (bicyclic) bond motifs is 1. The van der Waals surface area contributed by atoms with E-state index in [0.29, 0.717) is 13.0 Å². The van der Waals surface area contributed by atoms with Crippen LogP contribution in [0.5, 0.6) is 0 Å². The zero-order valence-corrected chi connectivity index (χ0v) is 11.3. The number of nitrogens with one attached hydrogen (secondary N) is 2. The number of hydrogen-bond acceptors (Lipinski definition) is 3. The number of para-hydroxylation sites is 1. The molecular formula is C14H19N3O2. The first-order chi connectivity index (χ1) is 9.15. The summed E-state index contributed by atoms with van der Waals surface area (Å²) in [5, 5.41) is 5.76. The van der Waals surface area contributed by atoms with Gasteiger partial charge in [0.2, 0.25) is 11.8 Å². The maximum absolute atomic E-state index is 12.4. The molecule has 0 aliphatic carbocycles. The minimum absolute atomic E-state index is 0.0256. The first kappa shape index (κ1) is 13.4. The van der Waals surface area contributed by atoms with Crippen LogP contribution < -0.4 is 10.6 Å². The van der Waals surface area contributed by atoms with Gasteiger partial charge in [-0.3, -0.25) is 9.59 Å². The average molecular weight is 261 g/mol. The van der Waals surface area contributed by atoms with Crippen LogP contribution in [0.15, 0.2) is 24.3 Å². The first-order valence-corrected chi connectivity index (χ1v) is 6.49. The summed E-state index contributed by atoms with van der Waals surface area (Å²) in [4.78, 5) is 25.3. The molecule has 1 heterocycles. The van der Waals surface area contributed by atoms with Crippen LogP contribution in [0.4, 0.5) is 5.69 Å². The van der Waals surface area contributed by atoms with Crippen molar-refractivity contribution in [1.82, 2.24) is 10.2 Å². The maximum atomic E-state index is 12.4. The van der Waals surface area contributed by atoms with Gasteiger partial charge in [-0.1, -0.05) is 18.2 Å². The SMILES string of the molecule is CCN(CC(=O)NC)C(=O)[C@@H]1Cc2ccccc2N1. The summed E-state index contributed by atoms with van der Waals surface area (Å²) in [6.45, 7) is 2.52. The van der Waals surface area contributed by atoms with Crippen molar-refractivity contribution in [1.29, 1.82) is 0 Å². The lowest BCUT2D eigenvalue weighted by molar-refractivity contribution is -0.136. The number of likely N-dealkylation sites (N-methyl/N-ethyl adjacent to an activating group) is 2. The van der Waals surface area contributed by atoms with E-state index in [1.165, 1.54) is 0 Å². The highest BCUT2D eigenvalue weighted by molar-refractivity contribution is 5.90. The fourth-order valence-corrected chi connectivity index (χ4v) is 2.27. The fourth-order valence-electron chi connectivity index (χ4n) is 2.27. The molecule has 1 aromatic rings. The van der Waals surface area contributed by atoms with Crippen LogP contribution in [0.1, 0.15) is 12.5 Å². The van der Waals surface area contributed by atoms with Crippen LogP contribution in [0.3, 0.4) is 0 Å². The van der Waals surface area contributed by atoms with E-state index in [-0.39, 0.29) is 24.4 Å². The van der Waals surface area contributed by atoms with Crippen molar-refractivity contribution < 1.29 is 9.59 Å². The molecule has 1 aliphatic rings. The first-order valence-electron chi connectivity index (χ1n) is 6.49. The van der Waals surface area contributed by atoms with E-state index in [4.69, 9.17) is 0 Å². The molecular weight excluding hydrogens is 242 g/mol. The van der Waals surface area contributed by atoms with Crippen molar-refractivity contribution in [3.8, 4) is 0 Å². The Kier molecular flexibility index (Phi) is 4.04. The third-order valence-electron chi connectivity index (χ3n) is 3.38. The quantitative estimate of drug-likeness (QED) is 0.835. The summed E-state index contributed by atoms with van der Waals surface area (Å²) in [5.74, 6) is -0.173. The number of nitrogens with zero attached hydrogens (tertiary/aromatic N) is 1. The number of carbonyl (C=O) groups is 2. The number of anilines is 1. The van der Waals surface area contributed by atoms with Gasteiger partial charge in [0.15, 0.2) is 0 Å². The Hall–Kier alpha value is -2.04. The molecule has 5 heteroatoms. The van der Waals surface area contributed by atoms with Crippen molar-refractivity contribution >= 4 is 17.5 Å². The molecule has 0 fully saturated rings. The molecule has 1 aromatic carbocycles. The molecule has 2 rings (SSSR count). The van der Waals surface area contributed by atoms with Gasteiger partial charge in [-0.25, -0.2) is 0 Å². The zero-order chi connectivity index (χ0) is 13.8. The highest BCUT2D eigenvalue weighted by Gasteiger charge is 2.29. The fraction of sp³-hybridized carbons (Fsp3) is 0.429. The van der Waals surface area contributed by atoms with E-state index in [9.17, 15) is 9.59 Å². The van der Waals surface area contributed by atoms with E-state index in [2.05, 4.69) is 10.6 Å². The highest BCUT2D eigenvalue weighted by Crippen LogP contribution is 2.25. The van der Waals surface area contributed by atoms with Gasteiger partial charge in [-0.2, -0.15) is 0 Å². The van der Waals surface area contributed by atoms with Crippen molar-refractivity contribution in [3.63, 3.8) is 0 Å². The number of carbonyl (C=O) groups excluding carboxylic acids is 2. The van der Waals surface area contributed by atoms with Crippen molar-refractivity contribution in [2.45, 2.75) is 19.4 Å². The number of benzene rings is 1. The molecule has 0 bridgehead atoms. The van der Waals surface area contributed by atoms with Crippen LogP contribution in [-0.2, 0) is 16.0 Å². The predicted octanol–water partition coefficient (Wildman–Crippen LogP) is 0.618. The van der Waals surface area contributed by atoms with Gasteiger partial charge in [0, 0.05) is 25.7 Å². The van der Waals surface area contributed by atoms with Crippen molar-refractivity contribution in [3.05, 3.63) is 29.8 Å². The van der Waals surface area contributed by atoms with Crippen LogP contribution in [0.25, 0.3) is 0 Å². The molecule has 2 N–H and O–H groups in total. The van der Waals surface area contributed by atoms with Crippen LogP contribution in [-0.4, -0.2) is 42.9 Å². The highest BCUT2D eigenvalue weighted by atomic mass is 16.2. The monoisotopic (exact) mass is 261 g/mol. The van der Waals surface area contributed by atoms with E-state index in [1.54, 1.807) is 11.9 Å². The summed E-state index contributed by atoms with van der Waals surface area (Å²) < 4.78 is 0. The Morgan fingerprint density at radius 3 is 2.79 bits per heavy atom. The molecule has 1 aliphatic heterocycles. The molecule has 19 heavy (non-hydrogen) atoms. The summed E-state index contributed by atoms with van der Waals surface area (Å²) in [6, 6.07) is 7.64. The maximum Gasteiger partial charge on any atom is 0.245 e. The standard InChI is InChI=1S/C14H19N3O2/c1-3-17(9-13(18)15-2)14(19)12-8-10-6-4-5-7-11(10)16-12/h4-7,12,16H,3,8-9H2,1-2H3,(H,15,18)/t12-/m0/s1. The van der Waals surface area contributed by atoms with Gasteiger partial charge in [0.1, 0.15) is 6.04 Å². The molecule has 0 aromatic heterocycles. The minimum Gasteiger partial charge on any atom is -0.373 e. The van der Waals surface area contributed by atoms with Gasteiger partial charge >= 0.3 is 0 Å². The van der Waals surface area contributed by atoms with E-state index >= 15 is 0 Å². The van der Waals surface area contributed by atoms with Crippen molar-refractivity contribution in [2.75, 3.05) is 25.5 Å². The minimum atomic E-state index is -0.262. The predicted molar refractivity (Wildman–Crippen MR) is 73.9 cm³/mol. The van der Waals surface area contributed by atoms with Crippen molar-refractivity contribution in [2.24, 2.45) is 0 Å². The second kappa shape index (κ2) is 5.73. The molecule has 0 spiro atoms. The Labute approximate surface area is 113 Å². The van der Waals surface area contributed by atoms with Gasteiger partial charge < -0.3 is 15.5 Å². The molecule has 2 amide bonds. The zero-order valence-electron chi connectivity index (χ0n) is 11.3. The molecule has 0 saturated carbocycles. The molecule has 102 valence electrons. The summed E-state index contributed by atoms with van der Waals surface area (Å²) in [6.07, 6.45) is 0.680. The number of hydrogen-bond donors (Lipinski definition) is 2. The third-order valence-corrected chi connectivity index (χ3v) is 3.38. The Balaban J connectivity index is 2.03. The van der Waals surface area contributed by atoms with Crippen LogP contribution >= 0.6 is 0 Å². The topological polar surface area (TPSA) is 61.4 Å². The molecule has 0 radical (unpaired) electrons. The second-order valence-corrected chi connectivity index (χ2v) is 4.58. The molecule has 0 unspecified atom stereocenters. The molecule has 0 saturated heterocycles. The van der Waals surface area contributed by atoms with Gasteiger partial charge in [-0.05, 0) is 18.6 Å². The van der Waals surface area contributed by atoms with Crippen LogP contribution in [0, 0.1) is 0 Å². The Bertz CT molecular complexity index is 462. The van der Waals surface area contributed by atoms with Gasteiger partial charge in [0.25, 0.3) is 0 Å². The lowest BCUT2D eigenvalue weighted by Gasteiger charge is -2.23. The lowest BCUT2D eigenvalue weighted by atomic mass is 10.1. The average Bonchev–Trinajstić information content (AvgIpc) is 2.87. The molecule has 5 nitrogen and oxygen atoms in total. The largest absolute Gasteiger partial charge is 0.373 e. The Morgan fingerprint density at radius 2 is 2.16 bits per heavy atom. The number of amides is 2. The normalized spacial score (nSPS) is 16.4. The van der Waals surface area contributed by atoms with Gasteiger partial charge in [0.05, 0.1) is 6.54 Å². The smallest absolute Gasteiger partial charge is 0.245 e. The lowest BCUT2D eigenvalue weighted by Crippen LogP contribution is -2.46. The Morgan fingerprint density at radius 1 is 1.42 bits per heavy atom. The third kappa shape index (κ3) is 2.86. The van der Waals surface area contributed by atoms with Crippen LogP contribution in [0.2, 0.25) is 0 Å². The molecule has 1 atom stereocenters. The van der Waals surface area contributed by atoms with E-state index in [0.717, 1.165) is 11.3 Å². The second-order valence-electron chi connectivity index (χ2n) is 4.58. The van der Waals surface area contributed by atoms with Gasteiger partial charge in [-0.15, -0.1) is 0 Å². The summed E-state index contributed by atoms with van der Waals surface area (Å²) in [5.41, 5.74) is 2.16. The summed E-state index contributed by atoms with van der Waals surface area (Å²) >= 11 is 0. The van der Waals surface area contributed by atoms with E-state index in [1.807, 2.05) is 31.2 Å². The summed E-state index contributed by atoms with van der Waals surface area (Å²) in [7, 11) is 1.57. The van der Waals surface area contributed by atoms with E-state index < -0.39 is 0 Å². The number of rotatable bonds is 4.